The number of amides is 1. The number of rotatable bonds is 7. The van der Waals surface area contributed by atoms with Crippen molar-refractivity contribution in [2.75, 3.05) is 7.11 Å². The lowest BCUT2D eigenvalue weighted by Crippen LogP contribution is -2.57. The Labute approximate surface area is 164 Å². The fraction of sp³-hybridized carbons (Fsp3) is 0.130. The average molecular weight is 374 g/mol. The van der Waals surface area contributed by atoms with Crippen molar-refractivity contribution in [1.82, 2.24) is 10.9 Å². The number of methoxy groups -OCH3 is 1. The van der Waals surface area contributed by atoms with Crippen molar-refractivity contribution in [1.29, 1.82) is 0 Å². The summed E-state index contributed by atoms with van der Waals surface area (Å²) in [6, 6.07) is 22.3. The van der Waals surface area contributed by atoms with Crippen LogP contribution in [0.15, 0.2) is 85.5 Å². The van der Waals surface area contributed by atoms with Crippen LogP contribution in [0.25, 0.3) is 10.8 Å². The quantitative estimate of drug-likeness (QED) is 0.376. The molecule has 0 aliphatic carbocycles. The molecule has 0 bridgehead atoms. The lowest BCUT2D eigenvalue weighted by Gasteiger charge is -2.32. The standard InChI is InChI=1S/C23H22N2O3/c1-3-15-23(22(27)28-2,25-24-21(26)18-10-5-4-6-11-18)20-14-13-17-9-7-8-12-19(17)16-20/h3-14,16,25H,1,15H2,2H3,(H,24,26). The van der Waals surface area contributed by atoms with Crippen LogP contribution in [0, 0.1) is 0 Å². The molecule has 1 atom stereocenters. The molecule has 5 nitrogen and oxygen atoms in total. The van der Waals surface area contributed by atoms with E-state index < -0.39 is 11.5 Å². The minimum atomic E-state index is -1.30. The number of carbonyl (C=O) groups excluding carboxylic acids is 2. The van der Waals surface area contributed by atoms with Gasteiger partial charge in [-0.25, -0.2) is 10.2 Å². The summed E-state index contributed by atoms with van der Waals surface area (Å²) in [7, 11) is 1.32. The van der Waals surface area contributed by atoms with Gasteiger partial charge >= 0.3 is 5.97 Å². The average Bonchev–Trinajstić information content (AvgIpc) is 2.76. The van der Waals surface area contributed by atoms with Crippen LogP contribution in [0.4, 0.5) is 0 Å². The molecule has 0 aliphatic heterocycles. The summed E-state index contributed by atoms with van der Waals surface area (Å²) < 4.78 is 5.07. The first-order valence-electron chi connectivity index (χ1n) is 8.92. The molecule has 0 spiro atoms. The van der Waals surface area contributed by atoms with Gasteiger partial charge in [0.25, 0.3) is 5.91 Å². The van der Waals surface area contributed by atoms with Crippen LogP contribution in [0.2, 0.25) is 0 Å². The zero-order valence-corrected chi connectivity index (χ0v) is 15.6. The Morgan fingerprint density at radius 3 is 2.36 bits per heavy atom. The Hall–Kier alpha value is -3.44. The number of carbonyl (C=O) groups is 2. The van der Waals surface area contributed by atoms with Gasteiger partial charge in [-0.3, -0.25) is 10.2 Å². The van der Waals surface area contributed by atoms with Crippen molar-refractivity contribution in [2.45, 2.75) is 12.0 Å². The topological polar surface area (TPSA) is 67.4 Å². The second kappa shape index (κ2) is 8.50. The van der Waals surface area contributed by atoms with Crippen molar-refractivity contribution in [3.8, 4) is 0 Å². The summed E-state index contributed by atoms with van der Waals surface area (Å²) in [5.74, 6) is -0.866. The van der Waals surface area contributed by atoms with E-state index >= 15 is 0 Å². The van der Waals surface area contributed by atoms with Crippen LogP contribution < -0.4 is 10.9 Å². The predicted octanol–water partition coefficient (Wildman–Crippen LogP) is 3.72. The van der Waals surface area contributed by atoms with Crippen molar-refractivity contribution in [2.24, 2.45) is 0 Å². The second-order valence-electron chi connectivity index (χ2n) is 6.40. The van der Waals surface area contributed by atoms with E-state index in [2.05, 4.69) is 17.4 Å². The van der Waals surface area contributed by atoms with Gasteiger partial charge in [0.1, 0.15) is 0 Å². The molecular weight excluding hydrogens is 352 g/mol. The molecule has 3 rings (SSSR count). The molecule has 3 aromatic rings. The van der Waals surface area contributed by atoms with Gasteiger partial charge in [-0.15, -0.1) is 6.58 Å². The normalized spacial score (nSPS) is 12.8. The fourth-order valence-corrected chi connectivity index (χ4v) is 3.16. The third kappa shape index (κ3) is 3.80. The van der Waals surface area contributed by atoms with Crippen LogP contribution in [-0.2, 0) is 15.1 Å². The summed E-state index contributed by atoms with van der Waals surface area (Å²) in [5, 5.41) is 2.03. The van der Waals surface area contributed by atoms with E-state index in [0.29, 0.717) is 11.1 Å². The van der Waals surface area contributed by atoms with Gasteiger partial charge in [0.15, 0.2) is 5.54 Å². The molecule has 142 valence electrons. The number of ether oxygens (including phenoxy) is 1. The maximum Gasteiger partial charge on any atom is 0.332 e. The Bertz CT molecular complexity index is 1000. The minimum absolute atomic E-state index is 0.229. The van der Waals surface area contributed by atoms with E-state index in [1.165, 1.54) is 7.11 Å². The van der Waals surface area contributed by atoms with Crippen molar-refractivity contribution in [3.05, 3.63) is 96.6 Å². The van der Waals surface area contributed by atoms with Crippen LogP contribution in [-0.4, -0.2) is 19.0 Å². The lowest BCUT2D eigenvalue weighted by molar-refractivity contribution is -0.149. The highest BCUT2D eigenvalue weighted by molar-refractivity contribution is 5.94. The molecule has 0 aromatic heterocycles. The van der Waals surface area contributed by atoms with Gasteiger partial charge in [-0.2, -0.15) is 0 Å². The zero-order chi connectivity index (χ0) is 20.0. The number of nitrogens with one attached hydrogen (secondary N) is 2. The molecule has 28 heavy (non-hydrogen) atoms. The molecule has 2 N–H and O–H groups in total. The van der Waals surface area contributed by atoms with Crippen LogP contribution in [0.3, 0.4) is 0 Å². The van der Waals surface area contributed by atoms with Gasteiger partial charge in [-0.1, -0.05) is 60.7 Å². The molecule has 0 saturated carbocycles. The highest BCUT2D eigenvalue weighted by Gasteiger charge is 2.41. The van der Waals surface area contributed by atoms with Crippen molar-refractivity contribution < 1.29 is 14.3 Å². The van der Waals surface area contributed by atoms with E-state index in [4.69, 9.17) is 4.74 Å². The molecular formula is C23H22N2O3. The Morgan fingerprint density at radius 1 is 1.00 bits per heavy atom. The predicted molar refractivity (Wildman–Crippen MR) is 109 cm³/mol. The first-order valence-corrected chi connectivity index (χ1v) is 8.92. The summed E-state index contributed by atoms with van der Waals surface area (Å²) >= 11 is 0. The molecule has 0 heterocycles. The molecule has 3 aromatic carbocycles. The van der Waals surface area contributed by atoms with Crippen molar-refractivity contribution in [3.63, 3.8) is 0 Å². The molecule has 0 aliphatic rings. The Balaban J connectivity index is 1.99. The van der Waals surface area contributed by atoms with E-state index in [1.807, 2.05) is 48.5 Å². The maximum absolute atomic E-state index is 12.8. The monoisotopic (exact) mass is 374 g/mol. The van der Waals surface area contributed by atoms with E-state index in [1.54, 1.807) is 30.3 Å². The number of hydrogen-bond donors (Lipinski definition) is 2. The number of benzene rings is 3. The van der Waals surface area contributed by atoms with Gasteiger partial charge in [-0.05, 0) is 41.0 Å². The maximum atomic E-state index is 12.8. The van der Waals surface area contributed by atoms with E-state index in [0.717, 1.165) is 10.8 Å². The number of hydrazine groups is 1. The van der Waals surface area contributed by atoms with Crippen LogP contribution >= 0.6 is 0 Å². The summed E-state index contributed by atoms with van der Waals surface area (Å²) in [6.07, 6.45) is 1.85. The van der Waals surface area contributed by atoms with Crippen LogP contribution in [0.1, 0.15) is 22.3 Å². The van der Waals surface area contributed by atoms with Gasteiger partial charge < -0.3 is 4.74 Å². The molecule has 5 heteroatoms. The first-order chi connectivity index (χ1) is 13.6. The third-order valence-corrected chi connectivity index (χ3v) is 4.65. The molecule has 0 fully saturated rings. The molecule has 0 radical (unpaired) electrons. The number of fused-ring (bicyclic) bond motifs is 1. The van der Waals surface area contributed by atoms with Gasteiger partial charge in [0, 0.05) is 5.56 Å². The van der Waals surface area contributed by atoms with E-state index in [9.17, 15) is 9.59 Å². The van der Waals surface area contributed by atoms with E-state index in [-0.39, 0.29) is 12.3 Å². The summed E-state index contributed by atoms with van der Waals surface area (Å²) in [6.45, 7) is 3.77. The highest BCUT2D eigenvalue weighted by atomic mass is 16.5. The largest absolute Gasteiger partial charge is 0.467 e. The summed E-state index contributed by atoms with van der Waals surface area (Å²) in [5.41, 5.74) is 5.42. The number of esters is 1. The highest BCUT2D eigenvalue weighted by Crippen LogP contribution is 2.29. The molecule has 1 unspecified atom stereocenters. The Kier molecular flexibility index (Phi) is 5.87. The van der Waals surface area contributed by atoms with Gasteiger partial charge in [0.2, 0.25) is 0 Å². The summed E-state index contributed by atoms with van der Waals surface area (Å²) in [4.78, 5) is 25.3. The molecule has 1 amide bonds. The second-order valence-corrected chi connectivity index (χ2v) is 6.40. The van der Waals surface area contributed by atoms with Crippen LogP contribution in [0.5, 0.6) is 0 Å². The van der Waals surface area contributed by atoms with Crippen molar-refractivity contribution >= 4 is 22.6 Å². The number of hydrogen-bond acceptors (Lipinski definition) is 4. The zero-order valence-electron chi connectivity index (χ0n) is 15.6. The lowest BCUT2D eigenvalue weighted by atomic mass is 9.86. The minimum Gasteiger partial charge on any atom is -0.467 e. The SMILES string of the molecule is C=CCC(NNC(=O)c1ccccc1)(C(=O)OC)c1ccc2ccccc2c1. The van der Waals surface area contributed by atoms with Gasteiger partial charge in [0.05, 0.1) is 7.11 Å². The fourth-order valence-electron chi connectivity index (χ4n) is 3.16. The third-order valence-electron chi connectivity index (χ3n) is 4.65. The first kappa shape index (κ1) is 19.3. The smallest absolute Gasteiger partial charge is 0.332 e. The molecule has 0 saturated heterocycles. The Morgan fingerprint density at radius 2 is 1.68 bits per heavy atom.